The molecule has 0 aliphatic carbocycles. The first-order chi connectivity index (χ1) is 6.25. The van der Waals surface area contributed by atoms with Crippen LogP contribution in [0, 0.1) is 5.82 Å². The Labute approximate surface area is 86.7 Å². The topological polar surface area (TPSA) is 38.3 Å². The van der Waals surface area contributed by atoms with Crippen LogP contribution in [0.4, 0.5) is 9.18 Å². The molecule has 76 valence electrons. The van der Waals surface area contributed by atoms with E-state index in [4.69, 9.17) is 4.74 Å². The van der Waals surface area contributed by atoms with Gasteiger partial charge < -0.3 is 10.1 Å². The zero-order valence-electron chi connectivity index (χ0n) is 7.20. The van der Waals surface area contributed by atoms with Gasteiger partial charge in [0, 0.05) is 0 Å². The summed E-state index contributed by atoms with van der Waals surface area (Å²) in [6, 6.07) is 5.84. The van der Waals surface area contributed by atoms with Gasteiger partial charge in [-0.15, -0.1) is 12.4 Å². The number of alkyl carbamates (subject to hydrolysis) is 1. The molecule has 0 spiro atoms. The molecule has 1 amide bonds. The van der Waals surface area contributed by atoms with E-state index in [0.29, 0.717) is 6.61 Å². The van der Waals surface area contributed by atoms with Crippen molar-refractivity contribution in [2.24, 2.45) is 0 Å². The van der Waals surface area contributed by atoms with Gasteiger partial charge >= 0.3 is 6.09 Å². The minimum Gasteiger partial charge on any atom is -0.447 e. The van der Waals surface area contributed by atoms with Crippen molar-refractivity contribution in [2.75, 3.05) is 6.61 Å². The number of halogens is 2. The fourth-order valence-corrected chi connectivity index (χ4v) is 1.26. The molecule has 2 rings (SSSR count). The Morgan fingerprint density at radius 1 is 1.36 bits per heavy atom. The maximum atomic E-state index is 12.5. The van der Waals surface area contributed by atoms with Crippen molar-refractivity contribution < 1.29 is 13.9 Å². The molecule has 1 N–H and O–H groups in total. The Morgan fingerprint density at radius 3 is 2.50 bits per heavy atom. The lowest BCUT2D eigenvalue weighted by molar-refractivity contribution is 0.177. The van der Waals surface area contributed by atoms with Crippen molar-refractivity contribution in [3.63, 3.8) is 0 Å². The van der Waals surface area contributed by atoms with E-state index in [-0.39, 0.29) is 24.3 Å². The molecule has 1 aromatic rings. The third-order valence-corrected chi connectivity index (χ3v) is 1.95. The van der Waals surface area contributed by atoms with E-state index in [1.807, 2.05) is 0 Å². The van der Waals surface area contributed by atoms with E-state index < -0.39 is 6.09 Å². The largest absolute Gasteiger partial charge is 0.447 e. The van der Waals surface area contributed by atoms with Gasteiger partial charge in [0.1, 0.15) is 12.4 Å². The summed E-state index contributed by atoms with van der Waals surface area (Å²) in [4.78, 5) is 10.7. The normalized spacial score (nSPS) is 19.5. The van der Waals surface area contributed by atoms with Crippen molar-refractivity contribution in [2.45, 2.75) is 6.04 Å². The zero-order valence-corrected chi connectivity index (χ0v) is 8.01. The fourth-order valence-electron chi connectivity index (χ4n) is 1.26. The van der Waals surface area contributed by atoms with Gasteiger partial charge in [-0.25, -0.2) is 9.18 Å². The first kappa shape index (κ1) is 10.8. The number of rotatable bonds is 1. The van der Waals surface area contributed by atoms with Crippen LogP contribution in [0.5, 0.6) is 0 Å². The van der Waals surface area contributed by atoms with Gasteiger partial charge in [0.25, 0.3) is 0 Å². The van der Waals surface area contributed by atoms with Gasteiger partial charge in [0.05, 0.1) is 6.04 Å². The molecule has 1 saturated heterocycles. The minimum absolute atomic E-state index is 0. The molecule has 1 fully saturated rings. The maximum Gasteiger partial charge on any atom is 0.407 e. The zero-order chi connectivity index (χ0) is 9.26. The molecule has 5 heteroatoms. The lowest BCUT2D eigenvalue weighted by atomic mass is 10.1. The summed E-state index contributed by atoms with van der Waals surface area (Å²) in [7, 11) is 0. The van der Waals surface area contributed by atoms with Crippen LogP contribution in [-0.2, 0) is 4.74 Å². The summed E-state index contributed by atoms with van der Waals surface area (Å²) >= 11 is 0. The molecule has 1 atom stereocenters. The van der Waals surface area contributed by atoms with Crippen LogP contribution in [0.2, 0.25) is 0 Å². The number of carbonyl (C=O) groups is 1. The molecular formula is C9H9ClFNO2. The van der Waals surface area contributed by atoms with Crippen LogP contribution in [0.1, 0.15) is 11.6 Å². The molecule has 0 aromatic heterocycles. The molecule has 1 aliphatic heterocycles. The first-order valence-electron chi connectivity index (χ1n) is 3.94. The Balaban J connectivity index is 0.000000980. The summed E-state index contributed by atoms with van der Waals surface area (Å²) in [5.74, 6) is -0.283. The summed E-state index contributed by atoms with van der Waals surface area (Å²) in [6.45, 7) is 0.310. The Morgan fingerprint density at radius 2 is 2.00 bits per heavy atom. The monoisotopic (exact) mass is 217 g/mol. The van der Waals surface area contributed by atoms with Gasteiger partial charge in [-0.05, 0) is 17.7 Å². The predicted molar refractivity (Wildman–Crippen MR) is 50.9 cm³/mol. The Bertz CT molecular complexity index is 328. The number of benzene rings is 1. The van der Waals surface area contributed by atoms with Crippen molar-refractivity contribution in [3.05, 3.63) is 35.6 Å². The SMILES string of the molecule is Cl.O=C1N[C@H](c2ccc(F)cc2)CO1. The number of carbonyl (C=O) groups excluding carboxylic acids is 1. The molecular weight excluding hydrogens is 209 g/mol. The molecule has 0 unspecified atom stereocenters. The fraction of sp³-hybridized carbons (Fsp3) is 0.222. The van der Waals surface area contributed by atoms with Crippen molar-refractivity contribution >= 4 is 18.5 Å². The number of ether oxygens (including phenoxy) is 1. The van der Waals surface area contributed by atoms with Crippen LogP contribution in [0.3, 0.4) is 0 Å². The van der Waals surface area contributed by atoms with Crippen molar-refractivity contribution in [1.82, 2.24) is 5.32 Å². The smallest absolute Gasteiger partial charge is 0.407 e. The quantitative estimate of drug-likeness (QED) is 0.782. The average Bonchev–Trinajstić information content (AvgIpc) is 2.53. The van der Waals surface area contributed by atoms with E-state index in [0.717, 1.165) is 5.56 Å². The molecule has 14 heavy (non-hydrogen) atoms. The van der Waals surface area contributed by atoms with Gasteiger partial charge in [-0.3, -0.25) is 0 Å². The van der Waals surface area contributed by atoms with E-state index in [1.54, 1.807) is 12.1 Å². The summed E-state index contributed by atoms with van der Waals surface area (Å²) < 4.78 is 17.2. The predicted octanol–water partition coefficient (Wildman–Crippen LogP) is 2.03. The van der Waals surface area contributed by atoms with E-state index in [1.165, 1.54) is 12.1 Å². The molecule has 1 aromatic carbocycles. The molecule has 1 aliphatic rings. The highest BCUT2D eigenvalue weighted by Crippen LogP contribution is 2.17. The maximum absolute atomic E-state index is 12.5. The lowest BCUT2D eigenvalue weighted by Gasteiger charge is -2.06. The van der Waals surface area contributed by atoms with Crippen LogP contribution in [0.25, 0.3) is 0 Å². The lowest BCUT2D eigenvalue weighted by Crippen LogP contribution is -2.18. The molecule has 0 saturated carbocycles. The van der Waals surface area contributed by atoms with E-state index in [9.17, 15) is 9.18 Å². The minimum atomic E-state index is -0.422. The number of hydrogen-bond donors (Lipinski definition) is 1. The second-order valence-electron chi connectivity index (χ2n) is 2.85. The highest BCUT2D eigenvalue weighted by Gasteiger charge is 2.23. The number of amides is 1. The van der Waals surface area contributed by atoms with Gasteiger partial charge in [0.15, 0.2) is 0 Å². The van der Waals surface area contributed by atoms with E-state index in [2.05, 4.69) is 5.32 Å². The molecule has 1 heterocycles. The second kappa shape index (κ2) is 4.28. The van der Waals surface area contributed by atoms with E-state index >= 15 is 0 Å². The third kappa shape index (κ3) is 2.14. The average molecular weight is 218 g/mol. The molecule has 3 nitrogen and oxygen atoms in total. The third-order valence-electron chi connectivity index (χ3n) is 1.95. The molecule has 0 radical (unpaired) electrons. The standard InChI is InChI=1S/C9H8FNO2.ClH/c10-7-3-1-6(2-4-7)8-5-13-9(12)11-8;/h1-4,8H,5H2,(H,11,12);1H/t8-;/m0./s1. The Hall–Kier alpha value is -1.29. The summed E-state index contributed by atoms with van der Waals surface area (Å²) in [5.41, 5.74) is 0.854. The van der Waals surface area contributed by atoms with Crippen LogP contribution in [-0.4, -0.2) is 12.7 Å². The van der Waals surface area contributed by atoms with Crippen LogP contribution < -0.4 is 5.32 Å². The number of nitrogens with one attached hydrogen (secondary N) is 1. The summed E-state index contributed by atoms with van der Waals surface area (Å²) in [5, 5.41) is 2.61. The van der Waals surface area contributed by atoms with Gasteiger partial charge in [0.2, 0.25) is 0 Å². The van der Waals surface area contributed by atoms with Crippen molar-refractivity contribution in [1.29, 1.82) is 0 Å². The highest BCUT2D eigenvalue weighted by molar-refractivity contribution is 5.85. The molecule has 0 bridgehead atoms. The van der Waals surface area contributed by atoms with Crippen molar-refractivity contribution in [3.8, 4) is 0 Å². The first-order valence-corrected chi connectivity index (χ1v) is 3.94. The number of hydrogen-bond acceptors (Lipinski definition) is 2. The van der Waals surface area contributed by atoms with Crippen LogP contribution >= 0.6 is 12.4 Å². The number of cyclic esters (lactones) is 1. The highest BCUT2D eigenvalue weighted by atomic mass is 35.5. The Kier molecular flexibility index (Phi) is 3.30. The van der Waals surface area contributed by atoms with Crippen LogP contribution in [0.15, 0.2) is 24.3 Å². The second-order valence-corrected chi connectivity index (χ2v) is 2.85. The summed E-state index contributed by atoms with van der Waals surface area (Å²) in [6.07, 6.45) is -0.422. The van der Waals surface area contributed by atoms with Gasteiger partial charge in [-0.2, -0.15) is 0 Å². The van der Waals surface area contributed by atoms with Gasteiger partial charge in [-0.1, -0.05) is 12.1 Å².